The number of hydrogen-bond acceptors (Lipinski definition) is 5. The molecule has 1 unspecified atom stereocenters. The maximum Gasteiger partial charge on any atom is 0.173 e. The molecule has 3 aromatic rings. The average Bonchev–Trinajstić information content (AvgIpc) is 3.23. The summed E-state index contributed by atoms with van der Waals surface area (Å²) >= 11 is 0. The Hall–Kier alpha value is -2.73. The Morgan fingerprint density at radius 2 is 2.04 bits per heavy atom. The summed E-state index contributed by atoms with van der Waals surface area (Å²) < 4.78 is 1.72. The molecule has 26 heavy (non-hydrogen) atoms. The third-order valence-electron chi connectivity index (χ3n) is 5.03. The van der Waals surface area contributed by atoms with Crippen LogP contribution in [0.3, 0.4) is 0 Å². The van der Waals surface area contributed by atoms with Crippen molar-refractivity contribution in [1.29, 1.82) is 0 Å². The van der Waals surface area contributed by atoms with E-state index in [4.69, 9.17) is 0 Å². The molecule has 3 heterocycles. The molecule has 6 heteroatoms. The number of aromatic nitrogens is 4. The van der Waals surface area contributed by atoms with E-state index < -0.39 is 0 Å². The first kappa shape index (κ1) is 16.7. The van der Waals surface area contributed by atoms with E-state index in [1.807, 2.05) is 12.3 Å². The van der Waals surface area contributed by atoms with Gasteiger partial charge in [0.05, 0.1) is 12.4 Å². The highest BCUT2D eigenvalue weighted by Crippen LogP contribution is 2.21. The number of rotatable bonds is 6. The standard InChI is InChI=1S/C20H24N6/c1-2-18(25-11-8-16-6-3-4-7-17(16)15-25)12-22-19-13-21-14-20(24-19)26-10-5-9-23-26/h3-7,9-10,13-14,18H,2,8,11-12,15H2,1H3,(H,22,24). The molecule has 1 aromatic carbocycles. The van der Waals surface area contributed by atoms with E-state index in [9.17, 15) is 0 Å². The van der Waals surface area contributed by atoms with Crippen LogP contribution in [-0.2, 0) is 13.0 Å². The molecule has 1 aliphatic rings. The first-order valence-electron chi connectivity index (χ1n) is 9.20. The highest BCUT2D eigenvalue weighted by Gasteiger charge is 2.22. The van der Waals surface area contributed by atoms with Gasteiger partial charge >= 0.3 is 0 Å². The lowest BCUT2D eigenvalue weighted by Gasteiger charge is -2.35. The second-order valence-electron chi connectivity index (χ2n) is 6.65. The number of hydrogen-bond donors (Lipinski definition) is 1. The van der Waals surface area contributed by atoms with Gasteiger partial charge in [-0.2, -0.15) is 5.10 Å². The lowest BCUT2D eigenvalue weighted by atomic mass is 9.98. The van der Waals surface area contributed by atoms with Crippen molar-refractivity contribution in [1.82, 2.24) is 24.6 Å². The third kappa shape index (κ3) is 3.60. The Balaban J connectivity index is 1.41. The molecule has 0 saturated carbocycles. The molecule has 6 nitrogen and oxygen atoms in total. The van der Waals surface area contributed by atoms with Crippen LogP contribution in [-0.4, -0.2) is 43.8 Å². The molecule has 0 spiro atoms. The van der Waals surface area contributed by atoms with Crippen LogP contribution in [0.5, 0.6) is 0 Å². The van der Waals surface area contributed by atoms with Gasteiger partial charge in [0, 0.05) is 38.1 Å². The van der Waals surface area contributed by atoms with E-state index in [1.54, 1.807) is 23.3 Å². The zero-order valence-corrected chi connectivity index (χ0v) is 15.0. The van der Waals surface area contributed by atoms with E-state index in [-0.39, 0.29) is 0 Å². The zero-order valence-electron chi connectivity index (χ0n) is 15.0. The number of nitrogens with one attached hydrogen (secondary N) is 1. The SMILES string of the molecule is CCC(CNc1cncc(-n2cccn2)n1)N1CCc2ccccc2C1. The van der Waals surface area contributed by atoms with Crippen molar-refractivity contribution in [2.75, 3.05) is 18.4 Å². The summed E-state index contributed by atoms with van der Waals surface area (Å²) in [7, 11) is 0. The Labute approximate surface area is 153 Å². The summed E-state index contributed by atoms with van der Waals surface area (Å²) in [6.45, 7) is 5.24. The fourth-order valence-electron chi connectivity index (χ4n) is 3.54. The van der Waals surface area contributed by atoms with E-state index in [1.165, 1.54) is 11.1 Å². The largest absolute Gasteiger partial charge is 0.367 e. The van der Waals surface area contributed by atoms with Crippen molar-refractivity contribution in [3.8, 4) is 5.82 Å². The van der Waals surface area contributed by atoms with Crippen LogP contribution in [0.2, 0.25) is 0 Å². The van der Waals surface area contributed by atoms with Gasteiger partial charge in [-0.15, -0.1) is 0 Å². The van der Waals surface area contributed by atoms with Crippen molar-refractivity contribution >= 4 is 5.82 Å². The minimum atomic E-state index is 0.471. The molecule has 0 aliphatic carbocycles. The minimum absolute atomic E-state index is 0.471. The molecule has 0 amide bonds. The average molecular weight is 348 g/mol. The highest BCUT2D eigenvalue weighted by atomic mass is 15.3. The van der Waals surface area contributed by atoms with Gasteiger partial charge in [0.1, 0.15) is 5.82 Å². The van der Waals surface area contributed by atoms with Gasteiger partial charge in [-0.1, -0.05) is 31.2 Å². The molecule has 1 aliphatic heterocycles. The van der Waals surface area contributed by atoms with Crippen LogP contribution < -0.4 is 5.32 Å². The van der Waals surface area contributed by atoms with Crippen molar-refractivity contribution < 1.29 is 0 Å². The molecule has 0 fully saturated rings. The van der Waals surface area contributed by atoms with Crippen molar-refractivity contribution in [2.45, 2.75) is 32.4 Å². The van der Waals surface area contributed by atoms with Gasteiger partial charge in [0.15, 0.2) is 5.82 Å². The van der Waals surface area contributed by atoms with Gasteiger partial charge < -0.3 is 5.32 Å². The zero-order chi connectivity index (χ0) is 17.8. The Kier molecular flexibility index (Phi) is 4.93. The van der Waals surface area contributed by atoms with Crippen molar-refractivity contribution in [2.24, 2.45) is 0 Å². The van der Waals surface area contributed by atoms with Gasteiger partial charge in [-0.3, -0.25) is 9.88 Å². The van der Waals surface area contributed by atoms with Crippen LogP contribution in [0.4, 0.5) is 5.82 Å². The maximum absolute atomic E-state index is 4.61. The second kappa shape index (κ2) is 7.66. The van der Waals surface area contributed by atoms with Gasteiger partial charge in [-0.05, 0) is 30.0 Å². The van der Waals surface area contributed by atoms with E-state index in [2.05, 4.69) is 56.5 Å². The molecule has 2 aromatic heterocycles. The summed E-state index contributed by atoms with van der Waals surface area (Å²) in [5.41, 5.74) is 2.95. The maximum atomic E-state index is 4.61. The minimum Gasteiger partial charge on any atom is -0.367 e. The molecule has 0 saturated heterocycles. The number of benzene rings is 1. The molecule has 4 rings (SSSR count). The lowest BCUT2D eigenvalue weighted by Crippen LogP contribution is -2.42. The van der Waals surface area contributed by atoms with Crippen LogP contribution in [0.15, 0.2) is 55.1 Å². The van der Waals surface area contributed by atoms with Gasteiger partial charge in [0.2, 0.25) is 0 Å². The summed E-state index contributed by atoms with van der Waals surface area (Å²) in [5, 5.41) is 7.67. The lowest BCUT2D eigenvalue weighted by molar-refractivity contribution is 0.181. The smallest absolute Gasteiger partial charge is 0.173 e. The van der Waals surface area contributed by atoms with E-state index >= 15 is 0 Å². The summed E-state index contributed by atoms with van der Waals surface area (Å²) in [6, 6.07) is 11.1. The van der Waals surface area contributed by atoms with Crippen molar-refractivity contribution in [3.63, 3.8) is 0 Å². The topological polar surface area (TPSA) is 58.9 Å². The molecule has 0 radical (unpaired) electrons. The Morgan fingerprint density at radius 1 is 1.15 bits per heavy atom. The molecule has 134 valence electrons. The Bertz CT molecular complexity index is 845. The summed E-state index contributed by atoms with van der Waals surface area (Å²) in [4.78, 5) is 11.5. The van der Waals surface area contributed by atoms with Crippen LogP contribution in [0, 0.1) is 0 Å². The fourth-order valence-corrected chi connectivity index (χ4v) is 3.54. The van der Waals surface area contributed by atoms with E-state index in [0.717, 1.165) is 44.1 Å². The molecular formula is C20H24N6. The molecule has 1 N–H and O–H groups in total. The van der Waals surface area contributed by atoms with Crippen LogP contribution in [0.1, 0.15) is 24.5 Å². The molecule has 1 atom stereocenters. The second-order valence-corrected chi connectivity index (χ2v) is 6.65. The Morgan fingerprint density at radius 3 is 2.85 bits per heavy atom. The van der Waals surface area contributed by atoms with Crippen LogP contribution in [0.25, 0.3) is 5.82 Å². The first-order chi connectivity index (χ1) is 12.8. The van der Waals surface area contributed by atoms with Crippen molar-refractivity contribution in [3.05, 3.63) is 66.2 Å². The third-order valence-corrected chi connectivity index (χ3v) is 5.03. The summed E-state index contributed by atoms with van der Waals surface area (Å²) in [6.07, 6.45) is 9.32. The monoisotopic (exact) mass is 348 g/mol. The molecular weight excluding hydrogens is 324 g/mol. The number of nitrogens with zero attached hydrogens (tertiary/aromatic N) is 5. The predicted molar refractivity (Wildman–Crippen MR) is 102 cm³/mol. The van der Waals surface area contributed by atoms with Gasteiger partial charge in [-0.25, -0.2) is 9.67 Å². The van der Waals surface area contributed by atoms with E-state index in [0.29, 0.717) is 6.04 Å². The normalized spacial score (nSPS) is 15.4. The highest BCUT2D eigenvalue weighted by molar-refractivity contribution is 5.36. The van der Waals surface area contributed by atoms with Gasteiger partial charge in [0.25, 0.3) is 0 Å². The molecule has 0 bridgehead atoms. The predicted octanol–water partition coefficient (Wildman–Crippen LogP) is 2.91. The number of anilines is 1. The first-order valence-corrected chi connectivity index (χ1v) is 9.20. The number of fused-ring (bicyclic) bond motifs is 1. The fraction of sp³-hybridized carbons (Fsp3) is 0.350. The van der Waals surface area contributed by atoms with Crippen LogP contribution >= 0.6 is 0 Å². The quantitative estimate of drug-likeness (QED) is 0.742. The summed E-state index contributed by atoms with van der Waals surface area (Å²) in [5.74, 6) is 1.51.